The topological polar surface area (TPSA) is 56.8 Å². The summed E-state index contributed by atoms with van der Waals surface area (Å²) in [4.78, 5) is 35.2. The van der Waals surface area contributed by atoms with Crippen LogP contribution < -0.4 is 4.90 Å². The molecular formula is C16H20N4O2. The molecule has 6 nitrogen and oxygen atoms in total. The molecule has 2 atom stereocenters. The highest BCUT2D eigenvalue weighted by Gasteiger charge is 2.58. The third-order valence-corrected chi connectivity index (χ3v) is 5.26. The lowest BCUT2D eigenvalue weighted by molar-refractivity contribution is -0.133. The zero-order valence-corrected chi connectivity index (χ0v) is 12.7. The minimum atomic E-state index is -0.602. The van der Waals surface area contributed by atoms with E-state index in [9.17, 15) is 9.59 Å². The molecule has 0 N–H and O–H groups in total. The van der Waals surface area contributed by atoms with Crippen LogP contribution in [0.3, 0.4) is 0 Å². The molecule has 0 bridgehead atoms. The first-order chi connectivity index (χ1) is 10.6. The molecule has 3 amide bonds. The SMILES string of the molecule is C[C@]12CCCN1C(=O)N([C@H]1CCN(c3ccccn3)C1)C2=O. The number of anilines is 1. The molecule has 22 heavy (non-hydrogen) atoms. The van der Waals surface area contributed by atoms with Crippen LogP contribution in [0, 0.1) is 0 Å². The number of hydrogen-bond donors (Lipinski definition) is 0. The van der Waals surface area contributed by atoms with Gasteiger partial charge in [0.25, 0.3) is 5.91 Å². The minimum Gasteiger partial charge on any atom is -0.354 e. The molecular weight excluding hydrogens is 280 g/mol. The first kappa shape index (κ1) is 13.5. The second kappa shape index (κ2) is 4.69. The van der Waals surface area contributed by atoms with Crippen LogP contribution in [0.1, 0.15) is 26.2 Å². The Morgan fingerprint density at radius 1 is 1.27 bits per heavy atom. The molecule has 0 radical (unpaired) electrons. The molecule has 6 heteroatoms. The second-order valence-electron chi connectivity index (χ2n) is 6.56. The lowest BCUT2D eigenvalue weighted by Crippen LogP contribution is -2.45. The van der Waals surface area contributed by atoms with Gasteiger partial charge in [-0.25, -0.2) is 9.78 Å². The molecule has 0 aromatic carbocycles. The molecule has 3 aliphatic rings. The van der Waals surface area contributed by atoms with E-state index in [1.54, 1.807) is 11.1 Å². The normalized spacial score (nSPS) is 31.3. The van der Waals surface area contributed by atoms with E-state index >= 15 is 0 Å². The fourth-order valence-corrected chi connectivity index (χ4v) is 3.99. The maximum absolute atomic E-state index is 12.8. The Labute approximate surface area is 129 Å². The van der Waals surface area contributed by atoms with Crippen molar-refractivity contribution in [3.8, 4) is 0 Å². The highest BCUT2D eigenvalue weighted by molar-refractivity contribution is 6.07. The van der Waals surface area contributed by atoms with E-state index in [1.165, 1.54) is 4.90 Å². The fraction of sp³-hybridized carbons (Fsp3) is 0.562. The molecule has 0 aliphatic carbocycles. The van der Waals surface area contributed by atoms with Crippen molar-refractivity contribution in [1.29, 1.82) is 0 Å². The average molecular weight is 300 g/mol. The van der Waals surface area contributed by atoms with Crippen LogP contribution in [-0.2, 0) is 4.79 Å². The van der Waals surface area contributed by atoms with Gasteiger partial charge in [-0.2, -0.15) is 0 Å². The van der Waals surface area contributed by atoms with Crippen LogP contribution in [-0.4, -0.2) is 57.9 Å². The largest absolute Gasteiger partial charge is 0.354 e. The van der Waals surface area contributed by atoms with E-state index in [0.29, 0.717) is 13.1 Å². The molecule has 3 aliphatic heterocycles. The van der Waals surface area contributed by atoms with Gasteiger partial charge in [-0.05, 0) is 38.3 Å². The Hall–Kier alpha value is -2.11. The number of carbonyl (C=O) groups excluding carboxylic acids is 2. The number of urea groups is 1. The Kier molecular flexibility index (Phi) is 2.89. The van der Waals surface area contributed by atoms with Crippen LogP contribution in [0.15, 0.2) is 24.4 Å². The summed E-state index contributed by atoms with van der Waals surface area (Å²) in [6.45, 7) is 4.12. The van der Waals surface area contributed by atoms with Crippen molar-refractivity contribution in [2.24, 2.45) is 0 Å². The molecule has 0 spiro atoms. The van der Waals surface area contributed by atoms with Crippen molar-refractivity contribution in [2.45, 2.75) is 37.8 Å². The summed E-state index contributed by atoms with van der Waals surface area (Å²) in [5.41, 5.74) is -0.602. The van der Waals surface area contributed by atoms with Crippen molar-refractivity contribution < 1.29 is 9.59 Å². The second-order valence-corrected chi connectivity index (χ2v) is 6.56. The smallest absolute Gasteiger partial charge is 0.327 e. The van der Waals surface area contributed by atoms with E-state index in [1.807, 2.05) is 25.1 Å². The van der Waals surface area contributed by atoms with E-state index in [0.717, 1.165) is 31.6 Å². The average Bonchev–Trinajstić information content (AvgIpc) is 3.19. The number of rotatable bonds is 2. The van der Waals surface area contributed by atoms with E-state index in [4.69, 9.17) is 0 Å². The quantitative estimate of drug-likeness (QED) is 0.776. The van der Waals surface area contributed by atoms with Crippen molar-refractivity contribution in [3.63, 3.8) is 0 Å². The minimum absolute atomic E-state index is 0.0112. The standard InChI is InChI=1S/C16H20N4O2/c1-16-7-4-9-19(16)15(22)20(14(16)21)12-6-10-18(11-12)13-5-2-3-8-17-13/h2-3,5,8,12H,4,6-7,9-11H2,1H3/t12-,16+/m0/s1. The number of imide groups is 1. The Morgan fingerprint density at radius 3 is 2.86 bits per heavy atom. The maximum Gasteiger partial charge on any atom is 0.327 e. The molecule has 4 heterocycles. The number of amides is 3. The van der Waals surface area contributed by atoms with Gasteiger partial charge in [0.15, 0.2) is 0 Å². The van der Waals surface area contributed by atoms with Gasteiger partial charge in [-0.3, -0.25) is 9.69 Å². The predicted octanol–water partition coefficient (Wildman–Crippen LogP) is 1.48. The summed E-state index contributed by atoms with van der Waals surface area (Å²) in [6.07, 6.45) is 4.29. The lowest BCUT2D eigenvalue weighted by Gasteiger charge is -2.24. The van der Waals surface area contributed by atoms with E-state index in [2.05, 4.69) is 9.88 Å². The molecule has 0 saturated carbocycles. The number of nitrogens with zero attached hydrogens (tertiary/aromatic N) is 4. The van der Waals surface area contributed by atoms with Crippen LogP contribution in [0.2, 0.25) is 0 Å². The molecule has 1 aromatic heterocycles. The van der Waals surface area contributed by atoms with Crippen molar-refractivity contribution >= 4 is 17.8 Å². The predicted molar refractivity (Wildman–Crippen MR) is 81.4 cm³/mol. The van der Waals surface area contributed by atoms with Gasteiger partial charge < -0.3 is 9.80 Å². The maximum atomic E-state index is 12.8. The molecule has 3 fully saturated rings. The number of pyridine rings is 1. The van der Waals surface area contributed by atoms with E-state index in [-0.39, 0.29) is 18.0 Å². The van der Waals surface area contributed by atoms with Gasteiger partial charge in [-0.1, -0.05) is 6.07 Å². The van der Waals surface area contributed by atoms with Crippen LogP contribution in [0.5, 0.6) is 0 Å². The monoisotopic (exact) mass is 300 g/mol. The van der Waals surface area contributed by atoms with Crippen molar-refractivity contribution in [3.05, 3.63) is 24.4 Å². The van der Waals surface area contributed by atoms with Crippen LogP contribution in [0.4, 0.5) is 10.6 Å². The first-order valence-electron chi connectivity index (χ1n) is 7.92. The molecule has 4 rings (SSSR count). The zero-order chi connectivity index (χ0) is 15.3. The highest BCUT2D eigenvalue weighted by Crippen LogP contribution is 2.39. The highest BCUT2D eigenvalue weighted by atomic mass is 16.2. The number of aromatic nitrogens is 1. The summed E-state index contributed by atoms with van der Waals surface area (Å²) in [7, 11) is 0. The summed E-state index contributed by atoms with van der Waals surface area (Å²) >= 11 is 0. The summed E-state index contributed by atoms with van der Waals surface area (Å²) in [5, 5.41) is 0. The Balaban J connectivity index is 1.54. The number of fused-ring (bicyclic) bond motifs is 1. The first-order valence-corrected chi connectivity index (χ1v) is 7.92. The summed E-state index contributed by atoms with van der Waals surface area (Å²) < 4.78 is 0. The van der Waals surface area contributed by atoms with E-state index < -0.39 is 5.54 Å². The number of hydrogen-bond acceptors (Lipinski definition) is 4. The lowest BCUT2D eigenvalue weighted by atomic mass is 9.99. The van der Waals surface area contributed by atoms with Crippen LogP contribution in [0.25, 0.3) is 0 Å². The molecule has 3 saturated heterocycles. The number of carbonyl (C=O) groups is 2. The van der Waals surface area contributed by atoms with Gasteiger partial charge >= 0.3 is 6.03 Å². The van der Waals surface area contributed by atoms with Gasteiger partial charge in [0.2, 0.25) is 0 Å². The summed E-state index contributed by atoms with van der Waals surface area (Å²) in [6, 6.07) is 5.68. The zero-order valence-electron chi connectivity index (χ0n) is 12.7. The third-order valence-electron chi connectivity index (χ3n) is 5.26. The van der Waals surface area contributed by atoms with Gasteiger partial charge in [0.05, 0.1) is 6.04 Å². The van der Waals surface area contributed by atoms with Crippen LogP contribution >= 0.6 is 0 Å². The third kappa shape index (κ3) is 1.76. The molecule has 116 valence electrons. The van der Waals surface area contributed by atoms with Gasteiger partial charge in [-0.15, -0.1) is 0 Å². The Morgan fingerprint density at radius 2 is 2.14 bits per heavy atom. The summed E-state index contributed by atoms with van der Waals surface area (Å²) in [5.74, 6) is 0.902. The van der Waals surface area contributed by atoms with Gasteiger partial charge in [0, 0.05) is 25.8 Å². The fourth-order valence-electron chi connectivity index (χ4n) is 3.99. The Bertz CT molecular complexity index is 620. The molecule has 0 unspecified atom stereocenters. The molecule has 1 aromatic rings. The van der Waals surface area contributed by atoms with Crippen molar-refractivity contribution in [1.82, 2.24) is 14.8 Å². The van der Waals surface area contributed by atoms with Gasteiger partial charge in [0.1, 0.15) is 11.4 Å². The van der Waals surface area contributed by atoms with Crippen molar-refractivity contribution in [2.75, 3.05) is 24.5 Å².